The highest BCUT2D eigenvalue weighted by atomic mass is 32.1. The van der Waals surface area contributed by atoms with E-state index in [2.05, 4.69) is 20.8 Å². The molecule has 3 rings (SSSR count). The first kappa shape index (κ1) is 25.7. The third-order valence-electron chi connectivity index (χ3n) is 6.55. The number of benzene rings is 2. The minimum atomic E-state index is -0.530. The van der Waals surface area contributed by atoms with Gasteiger partial charge in [-0.15, -0.1) is 11.3 Å². The lowest BCUT2D eigenvalue weighted by Crippen LogP contribution is -2.54. The van der Waals surface area contributed by atoms with Crippen LogP contribution in [-0.4, -0.2) is 48.5 Å². The van der Waals surface area contributed by atoms with Crippen LogP contribution >= 0.6 is 11.3 Å². The van der Waals surface area contributed by atoms with Gasteiger partial charge in [0.2, 0.25) is 0 Å². The van der Waals surface area contributed by atoms with Crippen LogP contribution in [0, 0.1) is 0 Å². The average Bonchev–Trinajstić information content (AvgIpc) is 2.84. The molecular weight excluding hydrogens is 430 g/mol. The second kappa shape index (κ2) is 12.5. The highest BCUT2D eigenvalue weighted by molar-refractivity contribution is 7.24. The van der Waals surface area contributed by atoms with Crippen LogP contribution in [0.2, 0.25) is 0 Å². The zero-order chi connectivity index (χ0) is 23.7. The zero-order valence-corrected chi connectivity index (χ0v) is 21.3. The Morgan fingerprint density at radius 2 is 1.48 bits per heavy atom. The molecule has 0 amide bonds. The van der Waals surface area contributed by atoms with E-state index in [-0.39, 0.29) is 12.0 Å². The summed E-state index contributed by atoms with van der Waals surface area (Å²) in [4.78, 5) is 13.0. The lowest BCUT2D eigenvalue weighted by atomic mass is 10.1. The smallest absolute Gasteiger partial charge is 0.196 e. The normalized spacial score (nSPS) is 13.0. The molecule has 3 aromatic rings. The standard InChI is InChI=1S/C28H40NO3S/c1-4-7-16-29(17-8-5-2,18-9-6-3)20-22(30)21-32-23-14-15-27-25(19-23)28(31)24-12-10-11-13-26(24)33-27/h10-15,19,22,30H,4-9,16-18,20-21H2,1-3H3/q+1. The molecule has 0 fully saturated rings. The van der Waals surface area contributed by atoms with Crippen molar-refractivity contribution in [3.05, 3.63) is 52.7 Å². The van der Waals surface area contributed by atoms with Crippen LogP contribution in [0.25, 0.3) is 20.2 Å². The molecule has 0 aliphatic heterocycles. The summed E-state index contributed by atoms with van der Waals surface area (Å²) in [6, 6.07) is 13.4. The van der Waals surface area contributed by atoms with Gasteiger partial charge in [0, 0.05) is 20.2 Å². The molecule has 0 spiro atoms. The van der Waals surface area contributed by atoms with Crippen LogP contribution in [0.15, 0.2) is 47.3 Å². The molecule has 1 N–H and O–H groups in total. The van der Waals surface area contributed by atoms with Crippen molar-refractivity contribution in [2.45, 2.75) is 65.4 Å². The Morgan fingerprint density at radius 3 is 2.12 bits per heavy atom. The van der Waals surface area contributed by atoms with Gasteiger partial charge in [-0.05, 0) is 49.6 Å². The molecule has 0 saturated heterocycles. The Bertz CT molecular complexity index is 1060. The summed E-state index contributed by atoms with van der Waals surface area (Å²) >= 11 is 1.62. The molecular formula is C28H40NO3S+. The van der Waals surface area contributed by atoms with Crippen LogP contribution in [0.1, 0.15) is 59.3 Å². The van der Waals surface area contributed by atoms with Gasteiger partial charge in [-0.2, -0.15) is 0 Å². The van der Waals surface area contributed by atoms with Crippen molar-refractivity contribution < 1.29 is 14.3 Å². The van der Waals surface area contributed by atoms with Crippen molar-refractivity contribution in [1.82, 2.24) is 0 Å². The highest BCUT2D eigenvalue weighted by Crippen LogP contribution is 2.27. The average molecular weight is 471 g/mol. The molecule has 1 atom stereocenters. The number of ether oxygens (including phenoxy) is 1. The molecule has 2 aromatic carbocycles. The van der Waals surface area contributed by atoms with E-state index in [1.807, 2.05) is 42.5 Å². The highest BCUT2D eigenvalue weighted by Gasteiger charge is 2.29. The van der Waals surface area contributed by atoms with E-state index >= 15 is 0 Å². The summed E-state index contributed by atoms with van der Waals surface area (Å²) in [5.74, 6) is 0.648. The molecule has 1 aromatic heterocycles. The van der Waals surface area contributed by atoms with E-state index in [4.69, 9.17) is 4.74 Å². The van der Waals surface area contributed by atoms with Gasteiger partial charge < -0.3 is 14.3 Å². The molecule has 1 heterocycles. The number of unbranched alkanes of at least 4 members (excludes halogenated alkanes) is 3. The van der Waals surface area contributed by atoms with Crippen molar-refractivity contribution in [2.75, 3.05) is 32.8 Å². The number of quaternary nitrogens is 1. The lowest BCUT2D eigenvalue weighted by Gasteiger charge is -2.40. The van der Waals surface area contributed by atoms with E-state index in [9.17, 15) is 9.90 Å². The Kier molecular flexibility index (Phi) is 9.72. The number of aliphatic hydroxyl groups excluding tert-OH is 1. The maximum absolute atomic E-state index is 13.0. The van der Waals surface area contributed by atoms with Gasteiger partial charge in [-0.1, -0.05) is 52.2 Å². The molecule has 1 unspecified atom stereocenters. The zero-order valence-electron chi connectivity index (χ0n) is 20.5. The molecule has 0 saturated carbocycles. The minimum absolute atomic E-state index is 0.0414. The van der Waals surface area contributed by atoms with E-state index in [0.29, 0.717) is 11.1 Å². The van der Waals surface area contributed by atoms with Gasteiger partial charge >= 0.3 is 0 Å². The fraction of sp³-hybridized carbons (Fsp3) is 0.536. The van der Waals surface area contributed by atoms with Crippen LogP contribution in [0.5, 0.6) is 5.75 Å². The number of rotatable bonds is 14. The molecule has 33 heavy (non-hydrogen) atoms. The van der Waals surface area contributed by atoms with Gasteiger partial charge in [-0.25, -0.2) is 0 Å². The second-order valence-corrected chi connectivity index (χ2v) is 10.4. The molecule has 0 radical (unpaired) electrons. The quantitative estimate of drug-likeness (QED) is 0.220. The Morgan fingerprint density at radius 1 is 0.879 bits per heavy atom. The van der Waals surface area contributed by atoms with Crippen molar-refractivity contribution in [3.63, 3.8) is 0 Å². The van der Waals surface area contributed by atoms with Crippen molar-refractivity contribution in [3.8, 4) is 5.75 Å². The maximum atomic E-state index is 13.0. The van der Waals surface area contributed by atoms with Crippen molar-refractivity contribution >= 4 is 31.5 Å². The SMILES string of the molecule is CCCC[N+](CCCC)(CCCC)CC(O)COc1ccc2sc3ccccc3c(=O)c2c1. The van der Waals surface area contributed by atoms with E-state index < -0.39 is 6.10 Å². The number of nitrogens with zero attached hydrogens (tertiary/aromatic N) is 1. The summed E-state index contributed by atoms with van der Waals surface area (Å²) in [7, 11) is 0. The Labute approximate surface area is 202 Å². The summed E-state index contributed by atoms with van der Waals surface area (Å²) in [6.45, 7) is 11.1. The summed E-state index contributed by atoms with van der Waals surface area (Å²) in [5, 5.41) is 12.4. The van der Waals surface area contributed by atoms with Crippen molar-refractivity contribution in [2.24, 2.45) is 0 Å². The van der Waals surface area contributed by atoms with Crippen LogP contribution in [0.3, 0.4) is 0 Å². The fourth-order valence-electron chi connectivity index (χ4n) is 4.65. The van der Waals surface area contributed by atoms with Gasteiger partial charge in [0.1, 0.15) is 25.0 Å². The third-order valence-corrected chi connectivity index (χ3v) is 7.70. The summed E-state index contributed by atoms with van der Waals surface area (Å²) in [5.41, 5.74) is 0.0414. The second-order valence-electron chi connectivity index (χ2n) is 9.31. The molecule has 0 aliphatic rings. The Balaban J connectivity index is 1.73. The van der Waals surface area contributed by atoms with Gasteiger partial charge in [-0.3, -0.25) is 4.79 Å². The maximum Gasteiger partial charge on any atom is 0.196 e. The van der Waals surface area contributed by atoms with Crippen LogP contribution in [0.4, 0.5) is 0 Å². The molecule has 5 heteroatoms. The van der Waals surface area contributed by atoms with Crippen LogP contribution < -0.4 is 10.2 Å². The van der Waals surface area contributed by atoms with E-state index in [1.54, 1.807) is 11.3 Å². The largest absolute Gasteiger partial charge is 0.491 e. The Hall–Kier alpha value is -1.95. The summed E-state index contributed by atoms with van der Waals surface area (Å²) in [6.07, 6.45) is 6.56. The van der Waals surface area contributed by atoms with Gasteiger partial charge in [0.05, 0.1) is 19.6 Å². The first-order valence-electron chi connectivity index (χ1n) is 12.6. The van der Waals surface area contributed by atoms with E-state index in [1.165, 1.54) is 38.5 Å². The first-order valence-corrected chi connectivity index (χ1v) is 13.4. The predicted molar refractivity (Wildman–Crippen MR) is 142 cm³/mol. The first-order chi connectivity index (χ1) is 16.0. The predicted octanol–water partition coefficient (Wildman–Crippen LogP) is 6.37. The summed E-state index contributed by atoms with van der Waals surface area (Å²) < 4.78 is 8.95. The van der Waals surface area contributed by atoms with Crippen molar-refractivity contribution in [1.29, 1.82) is 0 Å². The van der Waals surface area contributed by atoms with Gasteiger partial charge in [0.25, 0.3) is 0 Å². The monoisotopic (exact) mass is 470 g/mol. The molecule has 180 valence electrons. The van der Waals surface area contributed by atoms with Gasteiger partial charge in [0.15, 0.2) is 5.43 Å². The lowest BCUT2D eigenvalue weighted by molar-refractivity contribution is -0.931. The van der Waals surface area contributed by atoms with E-state index in [0.717, 1.165) is 45.4 Å². The fourth-order valence-corrected chi connectivity index (χ4v) is 5.71. The molecule has 0 aliphatic carbocycles. The molecule has 4 nitrogen and oxygen atoms in total. The van der Waals surface area contributed by atoms with Crippen LogP contribution in [-0.2, 0) is 0 Å². The third kappa shape index (κ3) is 6.78. The minimum Gasteiger partial charge on any atom is -0.491 e. The number of hydrogen-bond acceptors (Lipinski definition) is 4. The number of hydrogen-bond donors (Lipinski definition) is 1. The number of aliphatic hydroxyl groups is 1. The number of fused-ring (bicyclic) bond motifs is 2. The topological polar surface area (TPSA) is 46.5 Å². The molecule has 0 bridgehead atoms.